The lowest BCUT2D eigenvalue weighted by Gasteiger charge is -2.43. The molecule has 0 aliphatic carbocycles. The topological polar surface area (TPSA) is 68.3 Å². The Balaban J connectivity index is 1.67. The van der Waals surface area contributed by atoms with Gasteiger partial charge in [0.2, 0.25) is 5.91 Å². The first-order valence-corrected chi connectivity index (χ1v) is 9.93. The molecule has 30 heavy (non-hydrogen) atoms. The highest BCUT2D eigenvalue weighted by molar-refractivity contribution is 5.87. The normalized spacial score (nSPS) is 18.9. The molecule has 2 aromatic rings. The van der Waals surface area contributed by atoms with E-state index in [2.05, 4.69) is 0 Å². The van der Waals surface area contributed by atoms with Gasteiger partial charge in [-0.15, -0.1) is 0 Å². The summed E-state index contributed by atoms with van der Waals surface area (Å²) in [6.07, 6.45) is -0.478. The van der Waals surface area contributed by atoms with Gasteiger partial charge in [0.05, 0.1) is 20.3 Å². The third-order valence-corrected chi connectivity index (χ3v) is 5.32. The molecule has 0 saturated carbocycles. The van der Waals surface area contributed by atoms with E-state index in [1.54, 1.807) is 32.1 Å². The van der Waals surface area contributed by atoms with Crippen molar-refractivity contribution in [3.63, 3.8) is 0 Å². The van der Waals surface area contributed by atoms with E-state index in [1.807, 2.05) is 49.4 Å². The van der Waals surface area contributed by atoms with Crippen LogP contribution in [0.15, 0.2) is 48.5 Å². The molecule has 1 fully saturated rings. The molecule has 1 heterocycles. The van der Waals surface area contributed by atoms with Crippen LogP contribution in [0.3, 0.4) is 0 Å². The third-order valence-electron chi connectivity index (χ3n) is 5.32. The summed E-state index contributed by atoms with van der Waals surface area (Å²) >= 11 is 0. The van der Waals surface area contributed by atoms with Gasteiger partial charge in [0, 0.05) is 24.7 Å². The second kappa shape index (κ2) is 9.52. The molecule has 2 atom stereocenters. The molecule has 160 valence electrons. The molecule has 0 N–H and O–H groups in total. The highest BCUT2D eigenvalue weighted by Gasteiger charge is 2.39. The van der Waals surface area contributed by atoms with Crippen LogP contribution in [-0.2, 0) is 22.7 Å². The summed E-state index contributed by atoms with van der Waals surface area (Å²) in [6, 6.07) is 14.2. The SMILES string of the molecule is COc1ccc(CN2CC(C)N(C(=O)OCc3ccccc3)C(C)C2=O)c(OC)c1. The van der Waals surface area contributed by atoms with Crippen LogP contribution >= 0.6 is 0 Å². The Morgan fingerprint density at radius 3 is 2.47 bits per heavy atom. The summed E-state index contributed by atoms with van der Waals surface area (Å²) in [5.74, 6) is 1.23. The Bertz CT molecular complexity index is 886. The number of carbonyl (C=O) groups is 2. The highest BCUT2D eigenvalue weighted by Crippen LogP contribution is 2.28. The fourth-order valence-electron chi connectivity index (χ4n) is 3.72. The minimum absolute atomic E-state index is 0.123. The molecule has 2 unspecified atom stereocenters. The lowest BCUT2D eigenvalue weighted by Crippen LogP contribution is -2.61. The van der Waals surface area contributed by atoms with Gasteiger partial charge in [-0.05, 0) is 31.5 Å². The number of piperazine rings is 1. The first-order valence-electron chi connectivity index (χ1n) is 9.93. The predicted molar refractivity (Wildman–Crippen MR) is 112 cm³/mol. The smallest absolute Gasteiger partial charge is 0.411 e. The first kappa shape index (κ1) is 21.5. The van der Waals surface area contributed by atoms with E-state index in [0.29, 0.717) is 24.6 Å². The molecule has 2 amide bonds. The number of rotatable bonds is 6. The average molecular weight is 412 g/mol. The van der Waals surface area contributed by atoms with E-state index < -0.39 is 12.1 Å². The van der Waals surface area contributed by atoms with Crippen molar-refractivity contribution in [3.05, 3.63) is 59.7 Å². The van der Waals surface area contributed by atoms with Crippen molar-refractivity contribution in [1.82, 2.24) is 9.80 Å². The zero-order valence-electron chi connectivity index (χ0n) is 17.8. The zero-order valence-corrected chi connectivity index (χ0v) is 17.8. The van der Waals surface area contributed by atoms with Crippen LogP contribution in [0.25, 0.3) is 0 Å². The molecule has 0 spiro atoms. The number of methoxy groups -OCH3 is 2. The molecule has 0 radical (unpaired) electrons. The third kappa shape index (κ3) is 4.67. The van der Waals surface area contributed by atoms with Crippen LogP contribution in [0.4, 0.5) is 4.79 Å². The van der Waals surface area contributed by atoms with Gasteiger partial charge in [-0.2, -0.15) is 0 Å². The van der Waals surface area contributed by atoms with Crippen LogP contribution < -0.4 is 9.47 Å². The van der Waals surface area contributed by atoms with Crippen molar-refractivity contribution in [3.8, 4) is 11.5 Å². The number of benzene rings is 2. The molecule has 0 aromatic heterocycles. The van der Waals surface area contributed by atoms with Crippen LogP contribution in [-0.4, -0.2) is 54.6 Å². The molecule has 1 aliphatic rings. The van der Waals surface area contributed by atoms with Crippen molar-refractivity contribution >= 4 is 12.0 Å². The number of amides is 2. The number of hydrogen-bond acceptors (Lipinski definition) is 5. The molecule has 1 aliphatic heterocycles. The van der Waals surface area contributed by atoms with Gasteiger partial charge in [0.25, 0.3) is 0 Å². The van der Waals surface area contributed by atoms with E-state index in [0.717, 1.165) is 11.1 Å². The number of hydrogen-bond donors (Lipinski definition) is 0. The van der Waals surface area contributed by atoms with Crippen LogP contribution in [0.1, 0.15) is 25.0 Å². The second-order valence-electron chi connectivity index (χ2n) is 7.37. The summed E-state index contributed by atoms with van der Waals surface area (Å²) in [6.45, 7) is 4.65. The molecule has 2 aromatic carbocycles. The quantitative estimate of drug-likeness (QED) is 0.727. The van der Waals surface area contributed by atoms with E-state index >= 15 is 0 Å². The largest absolute Gasteiger partial charge is 0.497 e. The van der Waals surface area contributed by atoms with Crippen molar-refractivity contribution in [2.75, 3.05) is 20.8 Å². The van der Waals surface area contributed by atoms with E-state index in [1.165, 1.54) is 4.90 Å². The van der Waals surface area contributed by atoms with Crippen LogP contribution in [0.5, 0.6) is 11.5 Å². The van der Waals surface area contributed by atoms with E-state index in [-0.39, 0.29) is 18.6 Å². The van der Waals surface area contributed by atoms with Crippen LogP contribution in [0, 0.1) is 0 Å². The molecule has 1 saturated heterocycles. The Kier molecular flexibility index (Phi) is 6.82. The Morgan fingerprint density at radius 2 is 1.80 bits per heavy atom. The Hall–Kier alpha value is -3.22. The van der Waals surface area contributed by atoms with E-state index in [9.17, 15) is 9.59 Å². The maximum absolute atomic E-state index is 13.0. The van der Waals surface area contributed by atoms with Crippen LogP contribution in [0.2, 0.25) is 0 Å². The maximum atomic E-state index is 13.0. The van der Waals surface area contributed by atoms with Gasteiger partial charge in [-0.3, -0.25) is 9.69 Å². The van der Waals surface area contributed by atoms with Gasteiger partial charge in [0.15, 0.2) is 0 Å². The standard InChI is InChI=1S/C23H28N2O5/c1-16-13-24(14-19-10-11-20(28-3)12-21(19)29-4)22(26)17(2)25(16)23(27)30-15-18-8-6-5-7-9-18/h5-12,16-17H,13-15H2,1-4H3. The summed E-state index contributed by atoms with van der Waals surface area (Å²) in [5, 5.41) is 0. The van der Waals surface area contributed by atoms with Gasteiger partial charge in [-0.25, -0.2) is 4.79 Å². The van der Waals surface area contributed by atoms with Crippen molar-refractivity contribution < 1.29 is 23.8 Å². The fraction of sp³-hybridized carbons (Fsp3) is 0.391. The van der Waals surface area contributed by atoms with Crippen molar-refractivity contribution in [1.29, 1.82) is 0 Å². The number of carbonyl (C=O) groups excluding carboxylic acids is 2. The minimum atomic E-state index is -0.610. The Labute approximate surface area is 177 Å². The fourth-order valence-corrected chi connectivity index (χ4v) is 3.72. The predicted octanol–water partition coefficient (Wildman–Crippen LogP) is 3.46. The molecule has 3 rings (SSSR count). The van der Waals surface area contributed by atoms with Gasteiger partial charge in [0.1, 0.15) is 24.1 Å². The summed E-state index contributed by atoms with van der Waals surface area (Å²) in [5.41, 5.74) is 1.79. The molecule has 7 nitrogen and oxygen atoms in total. The molecular weight excluding hydrogens is 384 g/mol. The monoisotopic (exact) mass is 412 g/mol. The summed E-state index contributed by atoms with van der Waals surface area (Å²) in [4.78, 5) is 28.9. The van der Waals surface area contributed by atoms with Crippen molar-refractivity contribution in [2.45, 2.75) is 39.1 Å². The maximum Gasteiger partial charge on any atom is 0.411 e. The lowest BCUT2D eigenvalue weighted by molar-refractivity contribution is -0.143. The van der Waals surface area contributed by atoms with E-state index in [4.69, 9.17) is 14.2 Å². The zero-order chi connectivity index (χ0) is 21.7. The minimum Gasteiger partial charge on any atom is -0.497 e. The van der Waals surface area contributed by atoms with Gasteiger partial charge in [-0.1, -0.05) is 30.3 Å². The van der Waals surface area contributed by atoms with Gasteiger partial charge < -0.3 is 19.1 Å². The van der Waals surface area contributed by atoms with Gasteiger partial charge >= 0.3 is 6.09 Å². The Morgan fingerprint density at radius 1 is 1.07 bits per heavy atom. The average Bonchev–Trinajstić information content (AvgIpc) is 2.76. The highest BCUT2D eigenvalue weighted by atomic mass is 16.6. The first-order chi connectivity index (χ1) is 14.4. The molecule has 0 bridgehead atoms. The number of nitrogens with zero attached hydrogens (tertiary/aromatic N) is 2. The number of ether oxygens (including phenoxy) is 3. The summed E-state index contributed by atoms with van der Waals surface area (Å²) < 4.78 is 16.1. The molecule has 7 heteroatoms. The second-order valence-corrected chi connectivity index (χ2v) is 7.37. The summed E-state index contributed by atoms with van der Waals surface area (Å²) in [7, 11) is 3.18. The lowest BCUT2D eigenvalue weighted by atomic mass is 10.1. The van der Waals surface area contributed by atoms with Crippen molar-refractivity contribution in [2.24, 2.45) is 0 Å². The molecular formula is C23H28N2O5.